The zero-order valence-corrected chi connectivity index (χ0v) is 34.2. The molecule has 57 heavy (non-hydrogen) atoms. The number of fused-ring (bicyclic) bond motifs is 7. The molecule has 4 saturated carbocycles. The molecular weight excluding hydrogens is 744 g/mol. The summed E-state index contributed by atoms with van der Waals surface area (Å²) in [4.78, 5) is 15.0. The predicted molar refractivity (Wildman–Crippen MR) is 200 cm³/mol. The smallest absolute Gasteiger partial charge is 0.315 e. The van der Waals surface area contributed by atoms with Crippen molar-refractivity contribution in [1.29, 1.82) is 0 Å². The lowest BCUT2D eigenvalue weighted by atomic mass is 9.33. The molecule has 6 fully saturated rings. The summed E-state index contributed by atoms with van der Waals surface area (Å²) in [5.74, 6) is -0.665. The lowest BCUT2D eigenvalue weighted by molar-refractivity contribution is -0.363. The van der Waals surface area contributed by atoms with Crippen LogP contribution < -0.4 is 0 Å². The molecule has 2 saturated heterocycles. The number of aliphatic hydroxyl groups is 10. The molecule has 2 aliphatic heterocycles. The van der Waals surface area contributed by atoms with E-state index in [0.717, 1.165) is 19.3 Å². The summed E-state index contributed by atoms with van der Waals surface area (Å²) in [6.07, 6.45) is -10.4. The van der Waals surface area contributed by atoms with Crippen molar-refractivity contribution in [2.24, 2.45) is 50.2 Å². The van der Waals surface area contributed by atoms with Crippen molar-refractivity contribution in [3.63, 3.8) is 0 Å². The maximum atomic E-state index is 15.0. The van der Waals surface area contributed by atoms with Crippen molar-refractivity contribution >= 4 is 5.97 Å². The highest BCUT2D eigenvalue weighted by Crippen LogP contribution is 2.76. The molecule has 0 spiro atoms. The molecule has 326 valence electrons. The lowest BCUT2D eigenvalue weighted by Gasteiger charge is -2.71. The predicted octanol–water partition coefficient (Wildman–Crippen LogP) is 0.260. The molecule has 0 radical (unpaired) electrons. The van der Waals surface area contributed by atoms with Crippen molar-refractivity contribution in [3.8, 4) is 0 Å². The number of hydrogen-bond acceptors (Lipinski definition) is 15. The largest absolute Gasteiger partial charge is 0.432 e. The van der Waals surface area contributed by atoms with Crippen LogP contribution in [0.3, 0.4) is 0 Å². The fraction of sp³-hybridized carbons (Fsp3) is 0.929. The second-order valence-electron chi connectivity index (χ2n) is 20.7. The number of allylic oxidation sites excluding steroid dienone is 2. The van der Waals surface area contributed by atoms with Crippen LogP contribution in [0.5, 0.6) is 0 Å². The van der Waals surface area contributed by atoms with Gasteiger partial charge in [-0.05, 0) is 97.2 Å². The van der Waals surface area contributed by atoms with E-state index in [1.807, 2.05) is 6.92 Å². The second kappa shape index (κ2) is 14.9. The van der Waals surface area contributed by atoms with Crippen LogP contribution in [0.2, 0.25) is 0 Å². The number of carbonyl (C=O) groups is 1. The lowest BCUT2D eigenvalue weighted by Crippen LogP contribution is -2.68. The van der Waals surface area contributed by atoms with Crippen molar-refractivity contribution < 1.29 is 74.8 Å². The summed E-state index contributed by atoms with van der Waals surface area (Å²) in [6.45, 7) is 11.6. The Balaban J connectivity index is 1.21. The third-order valence-electron chi connectivity index (χ3n) is 17.3. The number of ether oxygens (including phenoxy) is 4. The van der Waals surface area contributed by atoms with Crippen molar-refractivity contribution in [2.45, 2.75) is 173 Å². The molecule has 15 nitrogen and oxygen atoms in total. The highest BCUT2D eigenvalue weighted by molar-refractivity contribution is 5.79. The van der Waals surface area contributed by atoms with Gasteiger partial charge in [-0.1, -0.05) is 53.2 Å². The monoisotopic (exact) mass is 812 g/mol. The molecule has 10 N–H and O–H groups in total. The average Bonchev–Trinajstić information content (AvgIpc) is 3.16. The molecule has 15 heteroatoms. The van der Waals surface area contributed by atoms with Gasteiger partial charge >= 0.3 is 5.97 Å². The molecule has 0 amide bonds. The van der Waals surface area contributed by atoms with Gasteiger partial charge in [0.2, 0.25) is 6.29 Å². The van der Waals surface area contributed by atoms with Crippen molar-refractivity contribution in [1.82, 2.24) is 0 Å². The molecule has 7 aliphatic rings. The number of hydrogen-bond donors (Lipinski definition) is 10. The number of esters is 1. The van der Waals surface area contributed by atoms with Crippen molar-refractivity contribution in [2.75, 3.05) is 19.8 Å². The summed E-state index contributed by atoms with van der Waals surface area (Å²) in [5.41, 5.74) is -1.68. The summed E-state index contributed by atoms with van der Waals surface area (Å²) in [5, 5.41) is 106. The van der Waals surface area contributed by atoms with Crippen LogP contribution in [0, 0.1) is 50.2 Å². The maximum absolute atomic E-state index is 15.0. The molecule has 0 bridgehead atoms. The zero-order valence-electron chi connectivity index (χ0n) is 34.2. The Morgan fingerprint density at radius 1 is 0.737 bits per heavy atom. The minimum absolute atomic E-state index is 0.00144. The van der Waals surface area contributed by atoms with E-state index in [2.05, 4.69) is 40.7 Å². The van der Waals surface area contributed by atoms with E-state index < -0.39 is 104 Å². The van der Waals surface area contributed by atoms with Crippen LogP contribution in [0.4, 0.5) is 0 Å². The molecule has 7 rings (SSSR count). The molecule has 20 atom stereocenters. The van der Waals surface area contributed by atoms with E-state index in [1.165, 1.54) is 5.57 Å². The maximum Gasteiger partial charge on any atom is 0.315 e. The van der Waals surface area contributed by atoms with Gasteiger partial charge in [0.1, 0.15) is 42.7 Å². The molecule has 0 aromatic heterocycles. The van der Waals surface area contributed by atoms with E-state index in [-0.39, 0.29) is 46.0 Å². The van der Waals surface area contributed by atoms with E-state index >= 15 is 4.79 Å². The average molecular weight is 813 g/mol. The summed E-state index contributed by atoms with van der Waals surface area (Å²) in [6, 6.07) is 0. The first-order valence-corrected chi connectivity index (χ1v) is 21.1. The Bertz CT molecular complexity index is 1540. The first-order chi connectivity index (χ1) is 26.6. The zero-order chi connectivity index (χ0) is 41.8. The van der Waals surface area contributed by atoms with Crippen LogP contribution in [-0.2, 0) is 23.7 Å². The van der Waals surface area contributed by atoms with E-state index in [9.17, 15) is 51.1 Å². The van der Waals surface area contributed by atoms with Gasteiger partial charge in [0.15, 0.2) is 12.4 Å². The number of carbonyl (C=O) groups excluding carboxylic acids is 1. The first kappa shape index (κ1) is 43.8. The Hall–Kier alpha value is -1.31. The molecule has 5 aliphatic carbocycles. The van der Waals surface area contributed by atoms with Gasteiger partial charge in [0.25, 0.3) is 0 Å². The standard InChI is InChI=1S/C42H68O15/c1-37(2)11-13-42(36(53)57-35-32(30(50)28(48)24(18-44)55-35)56-34-31(51)29(49)27(47)23(17-43)54-34)14-12-40(5)20(21(42)15-37)7-8-26-38(3)16-22(46)33(52)39(4,19-45)25(38)9-10-41(26,40)6/h7,21-35,43-52H,8-19H2,1-6H3/t21-,22+,23+,24+,25+,26+,27+,28+,29-,30-,31+,32+,33+,34-,35-,38-,39+,40+,41+,42-/m0/s1. The van der Waals surface area contributed by atoms with E-state index in [0.29, 0.717) is 38.5 Å². The topological polar surface area (TPSA) is 256 Å². The number of rotatable bonds is 7. The normalized spacial score (nSPS) is 54.7. The minimum atomic E-state index is -1.85. The van der Waals surface area contributed by atoms with Crippen LogP contribution in [0.25, 0.3) is 0 Å². The van der Waals surface area contributed by atoms with Gasteiger partial charge in [-0.15, -0.1) is 0 Å². The Morgan fingerprint density at radius 3 is 1.98 bits per heavy atom. The second-order valence-corrected chi connectivity index (χ2v) is 20.7. The van der Waals surface area contributed by atoms with Gasteiger partial charge in [-0.25, -0.2) is 0 Å². The minimum Gasteiger partial charge on any atom is -0.432 e. The SMILES string of the molecule is CC1(C)CC[C@]2(C(=O)O[C@@H]3O[C@H](CO)[C@@H](O)[C@H](O)[C@H]3O[C@@H]3O[C@H](CO)[C@@H](O)[C@H](O)[C@H]3O)CC[C@]3(C)C(=CC[C@@H]4[C@@]5(C)C[C@@H](O)[C@@H](O)[C@](C)(CO)[C@@H]5CC[C@]43C)[C@@H]2C1. The van der Waals surface area contributed by atoms with Gasteiger partial charge in [-0.3, -0.25) is 4.79 Å². The van der Waals surface area contributed by atoms with Crippen LogP contribution in [0.15, 0.2) is 11.6 Å². The highest BCUT2D eigenvalue weighted by atomic mass is 16.8. The third-order valence-corrected chi connectivity index (χ3v) is 17.3. The molecule has 0 aromatic rings. The van der Waals surface area contributed by atoms with Crippen molar-refractivity contribution in [3.05, 3.63) is 11.6 Å². The quantitative estimate of drug-likeness (QED) is 0.122. The Kier molecular flexibility index (Phi) is 11.5. The van der Waals surface area contributed by atoms with E-state index in [4.69, 9.17) is 18.9 Å². The summed E-state index contributed by atoms with van der Waals surface area (Å²) >= 11 is 0. The van der Waals surface area contributed by atoms with Crippen LogP contribution in [0.1, 0.15) is 99.3 Å². The van der Waals surface area contributed by atoms with Gasteiger partial charge in [0, 0.05) is 5.41 Å². The summed E-state index contributed by atoms with van der Waals surface area (Å²) < 4.78 is 23.5. The third kappa shape index (κ3) is 6.43. The van der Waals surface area contributed by atoms with Gasteiger partial charge < -0.3 is 70.0 Å². The highest BCUT2D eigenvalue weighted by Gasteiger charge is 2.71. The van der Waals surface area contributed by atoms with Crippen LogP contribution >= 0.6 is 0 Å². The van der Waals surface area contributed by atoms with Gasteiger partial charge in [0.05, 0.1) is 37.4 Å². The van der Waals surface area contributed by atoms with E-state index in [1.54, 1.807) is 0 Å². The molecule has 0 aromatic carbocycles. The Labute approximate surface area is 335 Å². The first-order valence-electron chi connectivity index (χ1n) is 21.1. The van der Waals surface area contributed by atoms with Crippen LogP contribution in [-0.4, -0.2) is 150 Å². The Morgan fingerprint density at radius 2 is 1.35 bits per heavy atom. The summed E-state index contributed by atoms with van der Waals surface area (Å²) in [7, 11) is 0. The molecule has 0 unspecified atom stereocenters. The fourth-order valence-corrected chi connectivity index (χ4v) is 13.6. The molecular formula is C42H68O15. The molecule has 2 heterocycles. The number of aliphatic hydroxyl groups excluding tert-OH is 10. The fourth-order valence-electron chi connectivity index (χ4n) is 13.6. The van der Waals surface area contributed by atoms with Gasteiger partial charge in [-0.2, -0.15) is 0 Å².